The van der Waals surface area contributed by atoms with Crippen molar-refractivity contribution in [2.75, 3.05) is 5.32 Å². The lowest BCUT2D eigenvalue weighted by Gasteiger charge is -2.32. The van der Waals surface area contributed by atoms with Crippen LogP contribution >= 0.6 is 0 Å². The van der Waals surface area contributed by atoms with E-state index in [1.54, 1.807) is 18.2 Å². The Hall–Kier alpha value is -2.17. The summed E-state index contributed by atoms with van der Waals surface area (Å²) in [5.74, 6) is -1.94. The van der Waals surface area contributed by atoms with Gasteiger partial charge < -0.3 is 10.4 Å². The van der Waals surface area contributed by atoms with Gasteiger partial charge in [0.15, 0.2) is 5.78 Å². The molecule has 1 aromatic rings. The monoisotopic (exact) mass is 273 g/mol. The second-order valence-corrected chi connectivity index (χ2v) is 5.41. The lowest BCUT2D eigenvalue weighted by Crippen LogP contribution is -2.38. The molecule has 1 aromatic carbocycles. The molecule has 1 aliphatic carbocycles. The van der Waals surface area contributed by atoms with Gasteiger partial charge in [-0.05, 0) is 43.0 Å². The molecule has 5 heteroatoms. The first-order chi connectivity index (χ1) is 9.56. The summed E-state index contributed by atoms with van der Waals surface area (Å²) >= 11 is 0. The number of amides is 1. The quantitative estimate of drug-likeness (QED) is 0.823. The Bertz CT molecular complexity index is 608. The van der Waals surface area contributed by atoms with E-state index in [2.05, 4.69) is 5.32 Å². The lowest BCUT2D eigenvalue weighted by atomic mass is 9.70. The van der Waals surface area contributed by atoms with Crippen molar-refractivity contribution in [1.82, 2.24) is 0 Å². The van der Waals surface area contributed by atoms with Crippen molar-refractivity contribution in [3.05, 3.63) is 29.3 Å². The molecule has 0 saturated heterocycles. The number of benzene rings is 1. The van der Waals surface area contributed by atoms with Crippen LogP contribution in [0.3, 0.4) is 0 Å². The molecule has 1 fully saturated rings. The number of nitrogens with one attached hydrogen (secondary N) is 1. The normalized spacial score (nSPS) is 24.3. The summed E-state index contributed by atoms with van der Waals surface area (Å²) in [4.78, 5) is 34.6. The number of carboxylic acids is 1. The highest BCUT2D eigenvalue weighted by atomic mass is 16.4. The smallest absolute Gasteiger partial charge is 0.307 e. The van der Waals surface area contributed by atoms with Gasteiger partial charge in [-0.3, -0.25) is 14.4 Å². The Labute approximate surface area is 116 Å². The van der Waals surface area contributed by atoms with Gasteiger partial charge in [0, 0.05) is 23.6 Å². The highest BCUT2D eigenvalue weighted by Gasteiger charge is 2.41. The first-order valence-corrected chi connectivity index (χ1v) is 6.76. The van der Waals surface area contributed by atoms with E-state index in [0.717, 1.165) is 11.3 Å². The fourth-order valence-corrected chi connectivity index (χ4v) is 2.86. The number of aliphatic carboxylic acids is 1. The van der Waals surface area contributed by atoms with E-state index in [0.29, 0.717) is 31.2 Å². The molecule has 104 valence electrons. The third kappa shape index (κ3) is 2.09. The highest BCUT2D eigenvalue weighted by Crippen LogP contribution is 2.37. The van der Waals surface area contributed by atoms with Gasteiger partial charge in [-0.15, -0.1) is 0 Å². The van der Waals surface area contributed by atoms with Crippen LogP contribution in [-0.2, 0) is 16.0 Å². The third-order valence-electron chi connectivity index (χ3n) is 4.21. The average Bonchev–Trinajstić information content (AvgIpc) is 2.36. The van der Waals surface area contributed by atoms with E-state index in [9.17, 15) is 14.4 Å². The topological polar surface area (TPSA) is 83.5 Å². The van der Waals surface area contributed by atoms with Crippen molar-refractivity contribution in [2.24, 2.45) is 11.8 Å². The van der Waals surface area contributed by atoms with Crippen LogP contribution in [0.15, 0.2) is 18.2 Å². The van der Waals surface area contributed by atoms with Crippen LogP contribution in [0.5, 0.6) is 0 Å². The van der Waals surface area contributed by atoms with Gasteiger partial charge >= 0.3 is 5.97 Å². The van der Waals surface area contributed by atoms with Crippen molar-refractivity contribution >= 4 is 23.3 Å². The second-order valence-electron chi connectivity index (χ2n) is 5.41. The largest absolute Gasteiger partial charge is 0.481 e. The summed E-state index contributed by atoms with van der Waals surface area (Å²) in [6.45, 7) is 0. The molecule has 0 bridgehead atoms. The van der Waals surface area contributed by atoms with Crippen LogP contribution in [0, 0.1) is 11.8 Å². The van der Waals surface area contributed by atoms with Crippen molar-refractivity contribution in [3.8, 4) is 0 Å². The molecule has 2 aliphatic rings. The maximum absolute atomic E-state index is 12.3. The molecule has 1 heterocycles. The standard InChI is InChI=1S/C15H15NO4/c17-13-6-2-8-7-9(1-5-12(8)16-13)14(18)10-3-4-11(10)15(19)20/h1,5,7,10-11H,2-4,6H2,(H,16,17)(H,19,20)/t10-,11+/m0/s1. The van der Waals surface area contributed by atoms with Crippen LogP contribution in [0.25, 0.3) is 0 Å². The Morgan fingerprint density at radius 2 is 1.90 bits per heavy atom. The average molecular weight is 273 g/mol. The van der Waals surface area contributed by atoms with Gasteiger partial charge in [0.2, 0.25) is 5.91 Å². The number of aryl methyl sites for hydroxylation is 1. The number of rotatable bonds is 3. The molecule has 3 rings (SSSR count). The van der Waals surface area contributed by atoms with Crippen molar-refractivity contribution in [3.63, 3.8) is 0 Å². The number of Topliss-reactive ketones (excluding diaryl/α,β-unsaturated/α-hetero) is 1. The zero-order chi connectivity index (χ0) is 14.3. The summed E-state index contributed by atoms with van der Waals surface area (Å²) in [6.07, 6.45) is 2.26. The fourth-order valence-electron chi connectivity index (χ4n) is 2.86. The van der Waals surface area contributed by atoms with Gasteiger partial charge in [0.25, 0.3) is 0 Å². The molecule has 1 amide bonds. The zero-order valence-electron chi connectivity index (χ0n) is 10.9. The number of fused-ring (bicyclic) bond motifs is 1. The van der Waals surface area contributed by atoms with Gasteiger partial charge in [-0.2, -0.15) is 0 Å². The van der Waals surface area contributed by atoms with E-state index in [1.807, 2.05) is 0 Å². The third-order valence-corrected chi connectivity index (χ3v) is 4.21. The van der Waals surface area contributed by atoms with Crippen LogP contribution in [0.1, 0.15) is 35.2 Å². The van der Waals surface area contributed by atoms with Gasteiger partial charge in [-0.25, -0.2) is 0 Å². The van der Waals surface area contributed by atoms with Crippen molar-refractivity contribution in [2.45, 2.75) is 25.7 Å². The summed E-state index contributed by atoms with van der Waals surface area (Å²) in [7, 11) is 0. The molecular formula is C15H15NO4. The minimum Gasteiger partial charge on any atom is -0.481 e. The Morgan fingerprint density at radius 3 is 2.55 bits per heavy atom. The SMILES string of the molecule is O=C1CCc2cc(C(=O)[C@H]3CC[C@H]3C(=O)O)ccc2N1. The Kier molecular flexibility index (Phi) is 3.04. The molecule has 5 nitrogen and oxygen atoms in total. The maximum atomic E-state index is 12.3. The van der Waals surface area contributed by atoms with E-state index < -0.39 is 17.8 Å². The minimum absolute atomic E-state index is 0.0125. The van der Waals surface area contributed by atoms with Gasteiger partial charge in [0.05, 0.1) is 5.92 Å². The van der Waals surface area contributed by atoms with E-state index in [4.69, 9.17) is 5.11 Å². The van der Waals surface area contributed by atoms with Crippen molar-refractivity contribution in [1.29, 1.82) is 0 Å². The van der Waals surface area contributed by atoms with E-state index >= 15 is 0 Å². The fraction of sp³-hybridized carbons (Fsp3) is 0.400. The molecule has 0 spiro atoms. The summed E-state index contributed by atoms with van der Waals surface area (Å²) in [5.41, 5.74) is 2.25. The van der Waals surface area contributed by atoms with Crippen molar-refractivity contribution < 1.29 is 19.5 Å². The molecule has 20 heavy (non-hydrogen) atoms. The van der Waals surface area contributed by atoms with Crippen LogP contribution in [0.2, 0.25) is 0 Å². The van der Waals surface area contributed by atoms with Gasteiger partial charge in [-0.1, -0.05) is 0 Å². The van der Waals surface area contributed by atoms with Gasteiger partial charge in [0.1, 0.15) is 0 Å². The first kappa shape index (κ1) is 12.8. The predicted octanol–water partition coefficient (Wildman–Crippen LogP) is 1.86. The number of hydrogen-bond donors (Lipinski definition) is 2. The zero-order valence-corrected chi connectivity index (χ0v) is 10.9. The number of anilines is 1. The molecule has 2 atom stereocenters. The first-order valence-electron chi connectivity index (χ1n) is 6.76. The Morgan fingerprint density at radius 1 is 1.15 bits per heavy atom. The molecule has 2 N–H and O–H groups in total. The summed E-state index contributed by atoms with van der Waals surface area (Å²) < 4.78 is 0. The number of ketones is 1. The lowest BCUT2D eigenvalue weighted by molar-refractivity contribution is -0.146. The molecule has 0 unspecified atom stereocenters. The molecule has 1 saturated carbocycles. The number of carbonyl (C=O) groups is 3. The maximum Gasteiger partial charge on any atom is 0.307 e. The van der Waals surface area contributed by atoms with E-state index in [-0.39, 0.29) is 11.7 Å². The van der Waals surface area contributed by atoms with Crippen LogP contribution < -0.4 is 5.32 Å². The molecule has 1 aliphatic heterocycles. The molecule has 0 aromatic heterocycles. The molecule has 0 radical (unpaired) electrons. The molecular weight excluding hydrogens is 258 g/mol. The highest BCUT2D eigenvalue weighted by molar-refractivity contribution is 6.02. The van der Waals surface area contributed by atoms with Crippen LogP contribution in [0.4, 0.5) is 5.69 Å². The van der Waals surface area contributed by atoms with E-state index in [1.165, 1.54) is 0 Å². The number of carbonyl (C=O) groups excluding carboxylic acids is 2. The number of carboxylic acid groups (broad SMARTS) is 1. The number of hydrogen-bond acceptors (Lipinski definition) is 3. The second kappa shape index (κ2) is 4.74. The minimum atomic E-state index is -0.889. The van der Waals surface area contributed by atoms with Crippen LogP contribution in [-0.4, -0.2) is 22.8 Å². The Balaban J connectivity index is 1.83. The predicted molar refractivity (Wildman–Crippen MR) is 71.6 cm³/mol. The summed E-state index contributed by atoms with van der Waals surface area (Å²) in [6, 6.07) is 5.19. The summed E-state index contributed by atoms with van der Waals surface area (Å²) in [5, 5.41) is 11.8.